The summed E-state index contributed by atoms with van der Waals surface area (Å²) in [5, 5.41) is 7.30. The molecule has 11 heteroatoms. The number of halogens is 1. The first-order chi connectivity index (χ1) is 21.2. The molecule has 4 rings (SSSR count). The van der Waals surface area contributed by atoms with Gasteiger partial charge in [0.2, 0.25) is 0 Å². The smallest absolute Gasteiger partial charge is 0.336 e. The zero-order valence-corrected chi connectivity index (χ0v) is 24.3. The quantitative estimate of drug-likeness (QED) is 0.0749. The average Bonchev–Trinajstić information content (AvgIpc) is 3.01. The van der Waals surface area contributed by atoms with Crippen LogP contribution in [0.4, 0.5) is 5.69 Å². The van der Waals surface area contributed by atoms with Crippen molar-refractivity contribution < 1.29 is 33.4 Å². The van der Waals surface area contributed by atoms with E-state index in [1.54, 1.807) is 72.8 Å². The molecule has 0 heterocycles. The van der Waals surface area contributed by atoms with E-state index in [2.05, 4.69) is 15.8 Å². The fraction of sp³-hybridized carbons (Fsp3) is 0.0606. The van der Waals surface area contributed by atoms with Gasteiger partial charge in [-0.2, -0.15) is 5.10 Å². The highest BCUT2D eigenvalue weighted by molar-refractivity contribution is 6.30. The lowest BCUT2D eigenvalue weighted by molar-refractivity contribution is -0.132. The largest absolute Gasteiger partial charge is 0.493 e. The molecule has 0 aliphatic heterocycles. The van der Waals surface area contributed by atoms with Gasteiger partial charge >= 0.3 is 11.9 Å². The van der Waals surface area contributed by atoms with E-state index in [0.717, 1.165) is 5.56 Å². The molecule has 0 aromatic heterocycles. The van der Waals surface area contributed by atoms with Crippen molar-refractivity contribution in [2.24, 2.45) is 5.10 Å². The van der Waals surface area contributed by atoms with Crippen LogP contribution in [0.2, 0.25) is 5.02 Å². The zero-order valence-electron chi connectivity index (χ0n) is 23.6. The van der Waals surface area contributed by atoms with Crippen molar-refractivity contribution >= 4 is 53.3 Å². The van der Waals surface area contributed by atoms with Crippen molar-refractivity contribution in [3.05, 3.63) is 124 Å². The molecule has 2 amide bonds. The van der Waals surface area contributed by atoms with Crippen molar-refractivity contribution in [2.45, 2.75) is 6.92 Å². The molecule has 44 heavy (non-hydrogen) atoms. The Hall–Kier alpha value is -5.74. The van der Waals surface area contributed by atoms with Gasteiger partial charge in [0.1, 0.15) is 5.75 Å². The van der Waals surface area contributed by atoms with Crippen LogP contribution in [-0.2, 0) is 9.59 Å². The molecular formula is C33H26ClN3O7. The third kappa shape index (κ3) is 8.88. The van der Waals surface area contributed by atoms with Crippen LogP contribution in [0.3, 0.4) is 0 Å². The molecule has 222 valence electrons. The summed E-state index contributed by atoms with van der Waals surface area (Å²) in [6, 6.07) is 24.3. The van der Waals surface area contributed by atoms with Gasteiger partial charge in [0.15, 0.2) is 11.5 Å². The monoisotopic (exact) mass is 611 g/mol. The summed E-state index contributed by atoms with van der Waals surface area (Å²) in [6.45, 7) is 1.26. The molecule has 0 aliphatic carbocycles. The maximum atomic E-state index is 12.8. The summed E-state index contributed by atoms with van der Waals surface area (Å²) in [5.74, 6) is -1.48. The number of ether oxygens (including phenoxy) is 3. The Morgan fingerprint density at radius 3 is 2.27 bits per heavy atom. The second kappa shape index (κ2) is 14.9. The molecule has 0 bridgehead atoms. The Bertz CT molecular complexity index is 1750. The molecular weight excluding hydrogens is 586 g/mol. The van der Waals surface area contributed by atoms with Crippen LogP contribution in [0.25, 0.3) is 6.08 Å². The number of hydrazone groups is 1. The third-order valence-electron chi connectivity index (χ3n) is 5.84. The minimum atomic E-state index is -0.595. The van der Waals surface area contributed by atoms with E-state index in [9.17, 15) is 19.2 Å². The standard InChI is InChI=1S/C33H26ClN3O7/c1-21(38)43-29-16-13-24(19-30(29)42-2)32(40)36-27-8-5-7-23(18-27)33(41)37-35-20-25-6-3-4-9-28(25)44-31(39)17-12-22-10-14-26(34)15-11-22/h3-20H,1-2H3,(H,36,40)(H,37,41)/b17-12+,35-20?. The minimum absolute atomic E-state index is 0.183. The number of rotatable bonds is 10. The summed E-state index contributed by atoms with van der Waals surface area (Å²) in [5.41, 5.74) is 4.50. The van der Waals surface area contributed by atoms with Gasteiger partial charge in [0.05, 0.1) is 13.3 Å². The number of para-hydroxylation sites is 1. The highest BCUT2D eigenvalue weighted by Gasteiger charge is 2.14. The number of amides is 2. The Kier molecular flexibility index (Phi) is 10.6. The Morgan fingerprint density at radius 1 is 0.773 bits per heavy atom. The van der Waals surface area contributed by atoms with Gasteiger partial charge in [-0.3, -0.25) is 14.4 Å². The number of carbonyl (C=O) groups is 4. The SMILES string of the molecule is COc1cc(C(=O)Nc2cccc(C(=O)NN=Cc3ccccc3OC(=O)/C=C/c3ccc(Cl)cc3)c2)ccc1OC(C)=O. The Morgan fingerprint density at radius 2 is 1.52 bits per heavy atom. The van der Waals surface area contributed by atoms with Crippen LogP contribution >= 0.6 is 11.6 Å². The van der Waals surface area contributed by atoms with Crippen molar-refractivity contribution in [1.82, 2.24) is 5.43 Å². The average molecular weight is 612 g/mol. The molecule has 0 saturated heterocycles. The number of nitrogens with zero attached hydrogens (tertiary/aromatic N) is 1. The van der Waals surface area contributed by atoms with E-state index in [-0.39, 0.29) is 28.4 Å². The molecule has 0 radical (unpaired) electrons. The Balaban J connectivity index is 1.37. The fourth-order valence-electron chi connectivity index (χ4n) is 3.78. The van der Waals surface area contributed by atoms with E-state index >= 15 is 0 Å². The van der Waals surface area contributed by atoms with Gasteiger partial charge < -0.3 is 19.5 Å². The lowest BCUT2D eigenvalue weighted by Gasteiger charge is -2.11. The number of hydrogen-bond donors (Lipinski definition) is 2. The van der Waals surface area contributed by atoms with Crippen LogP contribution < -0.4 is 25.0 Å². The van der Waals surface area contributed by atoms with Crippen molar-refractivity contribution in [3.8, 4) is 17.2 Å². The number of benzene rings is 4. The normalized spacial score (nSPS) is 10.8. The van der Waals surface area contributed by atoms with E-state index in [1.165, 1.54) is 50.6 Å². The van der Waals surface area contributed by atoms with Gasteiger partial charge in [-0.05, 0) is 72.3 Å². The van der Waals surface area contributed by atoms with E-state index in [4.69, 9.17) is 25.8 Å². The molecule has 0 spiro atoms. The number of methoxy groups -OCH3 is 1. The first-order valence-corrected chi connectivity index (χ1v) is 13.5. The number of carbonyl (C=O) groups excluding carboxylic acids is 4. The van der Waals surface area contributed by atoms with Crippen LogP contribution in [0.15, 0.2) is 102 Å². The predicted octanol–water partition coefficient (Wildman–Crippen LogP) is 5.91. The molecule has 2 N–H and O–H groups in total. The van der Waals surface area contributed by atoms with Crippen LogP contribution in [0.1, 0.15) is 38.8 Å². The molecule has 4 aromatic rings. The molecule has 10 nitrogen and oxygen atoms in total. The van der Waals surface area contributed by atoms with Crippen molar-refractivity contribution in [2.75, 3.05) is 12.4 Å². The second-order valence-electron chi connectivity index (χ2n) is 9.04. The maximum Gasteiger partial charge on any atom is 0.336 e. The molecule has 0 atom stereocenters. The van der Waals surface area contributed by atoms with Gasteiger partial charge in [0.25, 0.3) is 11.8 Å². The van der Waals surface area contributed by atoms with Gasteiger partial charge in [-0.25, -0.2) is 10.2 Å². The summed E-state index contributed by atoms with van der Waals surface area (Å²) in [6.07, 6.45) is 4.24. The highest BCUT2D eigenvalue weighted by Crippen LogP contribution is 2.28. The third-order valence-corrected chi connectivity index (χ3v) is 6.10. The minimum Gasteiger partial charge on any atom is -0.493 e. The highest BCUT2D eigenvalue weighted by atomic mass is 35.5. The summed E-state index contributed by atoms with van der Waals surface area (Å²) in [7, 11) is 1.39. The molecule has 4 aromatic carbocycles. The van der Waals surface area contributed by atoms with Crippen LogP contribution in [0, 0.1) is 0 Å². The first kappa shape index (κ1) is 31.2. The van der Waals surface area contributed by atoms with E-state index < -0.39 is 23.8 Å². The number of esters is 2. The predicted molar refractivity (Wildman–Crippen MR) is 166 cm³/mol. The van der Waals surface area contributed by atoms with Gasteiger partial charge in [-0.15, -0.1) is 0 Å². The van der Waals surface area contributed by atoms with E-state index in [1.807, 2.05) is 0 Å². The lowest BCUT2D eigenvalue weighted by Crippen LogP contribution is -2.18. The Labute approximate surface area is 257 Å². The molecule has 0 fully saturated rings. The van der Waals surface area contributed by atoms with Gasteiger partial charge in [-0.1, -0.05) is 41.9 Å². The topological polar surface area (TPSA) is 132 Å². The number of hydrogen-bond acceptors (Lipinski definition) is 8. The van der Waals surface area contributed by atoms with Crippen molar-refractivity contribution in [1.29, 1.82) is 0 Å². The molecule has 0 aliphatic rings. The van der Waals surface area contributed by atoms with Crippen molar-refractivity contribution in [3.63, 3.8) is 0 Å². The summed E-state index contributed by atoms with van der Waals surface area (Å²) >= 11 is 5.88. The first-order valence-electron chi connectivity index (χ1n) is 13.1. The number of anilines is 1. The van der Waals surface area contributed by atoms with E-state index in [0.29, 0.717) is 16.3 Å². The van der Waals surface area contributed by atoms with Crippen LogP contribution in [0.5, 0.6) is 17.2 Å². The molecule has 0 saturated carbocycles. The van der Waals surface area contributed by atoms with Crippen LogP contribution in [-0.4, -0.2) is 37.1 Å². The fourth-order valence-corrected chi connectivity index (χ4v) is 3.90. The number of nitrogens with one attached hydrogen (secondary N) is 2. The lowest BCUT2D eigenvalue weighted by atomic mass is 10.1. The van der Waals surface area contributed by atoms with Gasteiger partial charge in [0, 0.05) is 40.4 Å². The molecule has 0 unspecified atom stereocenters. The summed E-state index contributed by atoms with van der Waals surface area (Å²) in [4.78, 5) is 49.2. The maximum absolute atomic E-state index is 12.8. The summed E-state index contributed by atoms with van der Waals surface area (Å²) < 4.78 is 15.7. The zero-order chi connectivity index (χ0) is 31.5. The second-order valence-corrected chi connectivity index (χ2v) is 9.47.